The zero-order valence-electron chi connectivity index (χ0n) is 8.60. The predicted octanol–water partition coefficient (Wildman–Crippen LogP) is 1.57. The van der Waals surface area contributed by atoms with Crippen LogP contribution in [0.3, 0.4) is 0 Å². The highest BCUT2D eigenvalue weighted by Gasteiger charge is 2.27. The van der Waals surface area contributed by atoms with Crippen LogP contribution in [-0.4, -0.2) is 19.3 Å². The number of anilines is 1. The van der Waals surface area contributed by atoms with Gasteiger partial charge in [-0.1, -0.05) is 25.1 Å². The molecular formula is C10H14N2O2S. The van der Waals surface area contributed by atoms with Crippen LogP contribution in [0, 0.1) is 0 Å². The van der Waals surface area contributed by atoms with Crippen LogP contribution >= 0.6 is 0 Å². The predicted molar refractivity (Wildman–Crippen MR) is 59.7 cm³/mol. The van der Waals surface area contributed by atoms with Crippen molar-refractivity contribution >= 4 is 15.9 Å². The summed E-state index contributed by atoms with van der Waals surface area (Å²) in [5, 5.41) is 0. The van der Waals surface area contributed by atoms with Crippen LogP contribution in [0.25, 0.3) is 0 Å². The van der Waals surface area contributed by atoms with E-state index in [1.165, 1.54) is 4.31 Å². The average Bonchev–Trinajstić information content (AvgIpc) is 2.18. The van der Waals surface area contributed by atoms with E-state index >= 15 is 0 Å². The first kappa shape index (κ1) is 10.4. The molecule has 0 saturated carbocycles. The molecule has 0 fully saturated rings. The van der Waals surface area contributed by atoms with E-state index in [1.807, 2.05) is 25.1 Å². The summed E-state index contributed by atoms with van der Waals surface area (Å²) < 4.78 is 27.5. The molecule has 5 heteroatoms. The third kappa shape index (κ3) is 1.98. The summed E-state index contributed by atoms with van der Waals surface area (Å²) in [6.07, 6.45) is 0.822. The number of fused-ring (bicyclic) bond motifs is 1. The maximum Gasteiger partial charge on any atom is 0.301 e. The summed E-state index contributed by atoms with van der Waals surface area (Å²) in [6.45, 7) is 3.00. The van der Waals surface area contributed by atoms with Gasteiger partial charge in [0.2, 0.25) is 0 Å². The molecule has 0 bridgehead atoms. The number of rotatable bonds is 2. The van der Waals surface area contributed by atoms with Gasteiger partial charge in [-0.2, -0.15) is 12.7 Å². The van der Waals surface area contributed by atoms with Crippen molar-refractivity contribution in [2.75, 3.05) is 11.3 Å². The zero-order valence-corrected chi connectivity index (χ0v) is 9.42. The topological polar surface area (TPSA) is 49.4 Å². The summed E-state index contributed by atoms with van der Waals surface area (Å²) in [4.78, 5) is 0. The van der Waals surface area contributed by atoms with Crippen LogP contribution in [0.2, 0.25) is 0 Å². The van der Waals surface area contributed by atoms with Gasteiger partial charge in [0.1, 0.15) is 0 Å². The summed E-state index contributed by atoms with van der Waals surface area (Å²) in [6, 6.07) is 7.48. The Labute approximate surface area is 90.1 Å². The fourth-order valence-electron chi connectivity index (χ4n) is 1.68. The second kappa shape index (κ2) is 3.83. The maximum atomic E-state index is 11.7. The Hall–Kier alpha value is -1.07. The van der Waals surface area contributed by atoms with Gasteiger partial charge in [0.15, 0.2) is 0 Å². The lowest BCUT2D eigenvalue weighted by atomic mass is 10.2. The summed E-state index contributed by atoms with van der Waals surface area (Å²) in [5.41, 5.74) is 1.73. The second-order valence-electron chi connectivity index (χ2n) is 3.60. The van der Waals surface area contributed by atoms with E-state index < -0.39 is 10.2 Å². The number of nitrogens with zero attached hydrogens (tertiary/aromatic N) is 1. The van der Waals surface area contributed by atoms with Crippen molar-refractivity contribution in [1.82, 2.24) is 4.31 Å². The van der Waals surface area contributed by atoms with Crippen molar-refractivity contribution in [1.29, 1.82) is 0 Å². The SMILES string of the molecule is CCCN1Cc2ccccc2NS1(=O)=O. The van der Waals surface area contributed by atoms with Gasteiger partial charge in [0.05, 0.1) is 5.69 Å². The normalized spacial score (nSPS) is 19.3. The van der Waals surface area contributed by atoms with E-state index in [9.17, 15) is 8.42 Å². The molecule has 1 aliphatic heterocycles. The minimum absolute atomic E-state index is 0.472. The summed E-state index contributed by atoms with van der Waals surface area (Å²) >= 11 is 0. The summed E-state index contributed by atoms with van der Waals surface area (Å²) in [5.74, 6) is 0. The molecule has 0 atom stereocenters. The molecule has 82 valence electrons. The van der Waals surface area contributed by atoms with Crippen molar-refractivity contribution in [3.05, 3.63) is 29.8 Å². The highest BCUT2D eigenvalue weighted by atomic mass is 32.2. The Balaban J connectivity index is 2.36. The first-order valence-corrected chi connectivity index (χ1v) is 6.43. The van der Waals surface area contributed by atoms with Gasteiger partial charge in [-0.25, -0.2) is 0 Å². The molecule has 1 heterocycles. The molecule has 15 heavy (non-hydrogen) atoms. The van der Waals surface area contributed by atoms with Crippen molar-refractivity contribution in [2.45, 2.75) is 19.9 Å². The molecule has 1 aromatic rings. The van der Waals surface area contributed by atoms with Gasteiger partial charge in [-0.15, -0.1) is 0 Å². The fourth-order valence-corrected chi connectivity index (χ4v) is 3.02. The number of hydrogen-bond acceptors (Lipinski definition) is 2. The lowest BCUT2D eigenvalue weighted by Crippen LogP contribution is -2.39. The standard InChI is InChI=1S/C10H14N2O2S/c1-2-7-12-8-9-5-3-4-6-10(9)11-15(12,13)14/h3-6,11H,2,7-8H2,1H3. The van der Waals surface area contributed by atoms with Gasteiger partial charge in [0, 0.05) is 13.1 Å². The Morgan fingerprint density at radius 1 is 1.40 bits per heavy atom. The lowest BCUT2D eigenvalue weighted by Gasteiger charge is -2.28. The molecule has 0 amide bonds. The van der Waals surface area contributed by atoms with Gasteiger partial charge in [-0.3, -0.25) is 4.72 Å². The molecule has 0 unspecified atom stereocenters. The molecule has 4 nitrogen and oxygen atoms in total. The largest absolute Gasteiger partial charge is 0.301 e. The minimum Gasteiger partial charge on any atom is -0.271 e. The molecule has 0 aromatic heterocycles. The molecule has 1 N–H and O–H groups in total. The van der Waals surface area contributed by atoms with Crippen molar-refractivity contribution < 1.29 is 8.42 Å². The van der Waals surface area contributed by atoms with Gasteiger partial charge >= 0.3 is 10.2 Å². The Bertz CT molecular complexity index is 456. The number of benzene rings is 1. The Kier molecular flexibility index (Phi) is 2.67. The fraction of sp³-hybridized carbons (Fsp3) is 0.400. The molecule has 2 rings (SSSR count). The molecule has 0 radical (unpaired) electrons. The van der Waals surface area contributed by atoms with Crippen LogP contribution < -0.4 is 4.72 Å². The first-order chi connectivity index (χ1) is 7.13. The third-order valence-electron chi connectivity index (χ3n) is 2.42. The molecule has 0 saturated heterocycles. The quantitative estimate of drug-likeness (QED) is 0.832. The van der Waals surface area contributed by atoms with Crippen molar-refractivity contribution in [3.63, 3.8) is 0 Å². The maximum absolute atomic E-state index is 11.7. The monoisotopic (exact) mass is 226 g/mol. The van der Waals surface area contributed by atoms with Gasteiger partial charge < -0.3 is 0 Å². The summed E-state index contributed by atoms with van der Waals surface area (Å²) in [7, 11) is -3.32. The van der Waals surface area contributed by atoms with Gasteiger partial charge in [0.25, 0.3) is 0 Å². The first-order valence-electron chi connectivity index (χ1n) is 4.99. The molecule has 1 aromatic carbocycles. The van der Waals surface area contributed by atoms with Gasteiger partial charge in [-0.05, 0) is 18.1 Å². The number of nitrogens with one attached hydrogen (secondary N) is 1. The van der Waals surface area contributed by atoms with E-state index in [1.54, 1.807) is 6.07 Å². The average molecular weight is 226 g/mol. The Morgan fingerprint density at radius 2 is 2.13 bits per heavy atom. The van der Waals surface area contributed by atoms with E-state index in [0.717, 1.165) is 12.0 Å². The molecular weight excluding hydrogens is 212 g/mol. The van der Waals surface area contributed by atoms with E-state index in [0.29, 0.717) is 18.8 Å². The van der Waals surface area contributed by atoms with E-state index in [-0.39, 0.29) is 0 Å². The minimum atomic E-state index is -3.32. The lowest BCUT2D eigenvalue weighted by molar-refractivity contribution is 0.405. The molecule has 1 aliphatic rings. The van der Waals surface area contributed by atoms with Crippen molar-refractivity contribution in [2.24, 2.45) is 0 Å². The van der Waals surface area contributed by atoms with Crippen LogP contribution in [-0.2, 0) is 16.8 Å². The molecule has 0 spiro atoms. The third-order valence-corrected chi connectivity index (χ3v) is 3.89. The number of para-hydroxylation sites is 1. The highest BCUT2D eigenvalue weighted by molar-refractivity contribution is 7.90. The zero-order chi connectivity index (χ0) is 10.9. The molecule has 0 aliphatic carbocycles. The Morgan fingerprint density at radius 3 is 2.87 bits per heavy atom. The van der Waals surface area contributed by atoms with Crippen molar-refractivity contribution in [3.8, 4) is 0 Å². The van der Waals surface area contributed by atoms with Crippen LogP contribution in [0.1, 0.15) is 18.9 Å². The van der Waals surface area contributed by atoms with E-state index in [4.69, 9.17) is 0 Å². The van der Waals surface area contributed by atoms with Crippen LogP contribution in [0.5, 0.6) is 0 Å². The second-order valence-corrected chi connectivity index (χ2v) is 5.27. The van der Waals surface area contributed by atoms with E-state index in [2.05, 4.69) is 4.72 Å². The van der Waals surface area contributed by atoms with Crippen LogP contribution in [0.15, 0.2) is 24.3 Å². The smallest absolute Gasteiger partial charge is 0.271 e. The number of hydrogen-bond donors (Lipinski definition) is 1. The highest BCUT2D eigenvalue weighted by Crippen LogP contribution is 2.25. The van der Waals surface area contributed by atoms with Crippen LogP contribution in [0.4, 0.5) is 5.69 Å².